The highest BCUT2D eigenvalue weighted by Gasteiger charge is 2.29. The first-order chi connectivity index (χ1) is 13.5. The molecule has 2 heterocycles. The lowest BCUT2D eigenvalue weighted by Gasteiger charge is -2.33. The van der Waals surface area contributed by atoms with Gasteiger partial charge in [0, 0.05) is 31.7 Å². The van der Waals surface area contributed by atoms with Gasteiger partial charge in [-0.3, -0.25) is 4.90 Å². The van der Waals surface area contributed by atoms with Gasteiger partial charge in [0.1, 0.15) is 5.82 Å². The van der Waals surface area contributed by atoms with E-state index < -0.39 is 15.8 Å². The summed E-state index contributed by atoms with van der Waals surface area (Å²) in [5.41, 5.74) is 0.878. The van der Waals surface area contributed by atoms with Crippen LogP contribution < -0.4 is 0 Å². The number of hydrogen-bond donors (Lipinski definition) is 0. The summed E-state index contributed by atoms with van der Waals surface area (Å²) in [6.07, 6.45) is 0. The zero-order chi connectivity index (χ0) is 19.6. The lowest BCUT2D eigenvalue weighted by molar-refractivity contribution is 0.163. The second-order valence-electron chi connectivity index (χ2n) is 6.52. The third-order valence-corrected chi connectivity index (χ3v) is 6.52. The summed E-state index contributed by atoms with van der Waals surface area (Å²) in [6.45, 7) is 2.14. The topological polar surface area (TPSA) is 79.5 Å². The van der Waals surface area contributed by atoms with Gasteiger partial charge in [-0.15, -0.1) is 0 Å². The molecule has 2 aromatic carbocycles. The Balaban J connectivity index is 1.38. The standard InChI is InChI=1S/C19H19FN4O3S/c20-16-7-4-8-17(13-16)28(25,26)24-11-9-23(10-12-24)14-18-21-19(22-27-18)15-5-2-1-3-6-15/h1-8,13H,9-12,14H2. The molecule has 1 aliphatic rings. The summed E-state index contributed by atoms with van der Waals surface area (Å²) in [5, 5.41) is 4.00. The van der Waals surface area contributed by atoms with E-state index in [9.17, 15) is 12.8 Å². The van der Waals surface area contributed by atoms with Crippen molar-refractivity contribution in [3.8, 4) is 11.4 Å². The Kier molecular flexibility index (Phi) is 5.21. The van der Waals surface area contributed by atoms with Crippen molar-refractivity contribution in [2.24, 2.45) is 0 Å². The van der Waals surface area contributed by atoms with Gasteiger partial charge in [-0.25, -0.2) is 12.8 Å². The van der Waals surface area contributed by atoms with Crippen molar-refractivity contribution < 1.29 is 17.3 Å². The number of benzene rings is 2. The van der Waals surface area contributed by atoms with E-state index in [1.807, 2.05) is 30.3 Å². The van der Waals surface area contributed by atoms with Crippen molar-refractivity contribution in [1.29, 1.82) is 0 Å². The van der Waals surface area contributed by atoms with Crippen LogP contribution in [0.2, 0.25) is 0 Å². The van der Waals surface area contributed by atoms with Gasteiger partial charge in [0.2, 0.25) is 21.7 Å². The Morgan fingerprint density at radius 2 is 1.75 bits per heavy atom. The van der Waals surface area contributed by atoms with Crippen molar-refractivity contribution in [1.82, 2.24) is 19.3 Å². The van der Waals surface area contributed by atoms with Crippen LogP contribution in [0, 0.1) is 5.82 Å². The normalized spacial score (nSPS) is 16.3. The maximum absolute atomic E-state index is 13.4. The molecule has 4 rings (SSSR count). The number of hydrogen-bond acceptors (Lipinski definition) is 6. The van der Waals surface area contributed by atoms with Gasteiger partial charge >= 0.3 is 0 Å². The molecule has 3 aromatic rings. The number of halogens is 1. The first-order valence-electron chi connectivity index (χ1n) is 8.88. The first-order valence-corrected chi connectivity index (χ1v) is 10.3. The molecule has 0 saturated carbocycles. The summed E-state index contributed by atoms with van der Waals surface area (Å²) >= 11 is 0. The zero-order valence-corrected chi connectivity index (χ0v) is 15.8. The van der Waals surface area contributed by atoms with Crippen LogP contribution in [0.15, 0.2) is 64.0 Å². The van der Waals surface area contributed by atoms with Crippen LogP contribution in [0.25, 0.3) is 11.4 Å². The van der Waals surface area contributed by atoms with Gasteiger partial charge < -0.3 is 4.52 Å². The highest BCUT2D eigenvalue weighted by molar-refractivity contribution is 7.89. The van der Waals surface area contributed by atoms with Gasteiger partial charge in [0.05, 0.1) is 11.4 Å². The fraction of sp³-hybridized carbons (Fsp3) is 0.263. The molecular weight excluding hydrogens is 383 g/mol. The van der Waals surface area contributed by atoms with Crippen LogP contribution >= 0.6 is 0 Å². The summed E-state index contributed by atoms with van der Waals surface area (Å²) < 4.78 is 45.4. The number of rotatable bonds is 5. The summed E-state index contributed by atoms with van der Waals surface area (Å²) in [5.74, 6) is 0.452. The van der Waals surface area contributed by atoms with Gasteiger partial charge in [0.15, 0.2) is 0 Å². The maximum atomic E-state index is 13.4. The SMILES string of the molecule is O=S(=O)(c1cccc(F)c1)N1CCN(Cc2nc(-c3ccccc3)no2)CC1. The van der Waals surface area contributed by atoms with Crippen molar-refractivity contribution >= 4 is 10.0 Å². The fourth-order valence-corrected chi connectivity index (χ4v) is 4.57. The third-order valence-electron chi connectivity index (χ3n) is 4.62. The molecule has 0 amide bonds. The Labute approximate surface area is 162 Å². The Bertz CT molecular complexity index is 1050. The molecular formula is C19H19FN4O3S. The van der Waals surface area contributed by atoms with Crippen molar-refractivity contribution in [3.63, 3.8) is 0 Å². The van der Waals surface area contributed by atoms with Crippen molar-refractivity contribution in [2.75, 3.05) is 26.2 Å². The summed E-state index contributed by atoms with van der Waals surface area (Å²) in [7, 11) is -3.70. The smallest absolute Gasteiger partial charge is 0.243 e. The molecule has 9 heteroatoms. The second-order valence-corrected chi connectivity index (χ2v) is 8.45. The minimum atomic E-state index is -3.70. The van der Waals surface area contributed by atoms with Gasteiger partial charge in [0.25, 0.3) is 0 Å². The number of sulfonamides is 1. The average Bonchev–Trinajstić information content (AvgIpc) is 3.18. The van der Waals surface area contributed by atoms with Crippen LogP contribution in [0.1, 0.15) is 5.89 Å². The predicted molar refractivity (Wildman–Crippen MR) is 100 cm³/mol. The molecule has 1 aliphatic heterocycles. The minimum Gasteiger partial charge on any atom is -0.338 e. The molecule has 0 N–H and O–H groups in total. The largest absolute Gasteiger partial charge is 0.338 e. The molecule has 146 valence electrons. The van der Waals surface area contributed by atoms with E-state index in [1.165, 1.54) is 22.5 Å². The first kappa shape index (κ1) is 18.7. The molecule has 28 heavy (non-hydrogen) atoms. The molecule has 0 atom stereocenters. The predicted octanol–water partition coefficient (Wildman–Crippen LogP) is 2.38. The highest BCUT2D eigenvalue weighted by atomic mass is 32.2. The molecule has 1 saturated heterocycles. The molecule has 0 spiro atoms. The molecule has 1 aromatic heterocycles. The van der Waals surface area contributed by atoms with Gasteiger partial charge in [-0.05, 0) is 18.2 Å². The lowest BCUT2D eigenvalue weighted by atomic mass is 10.2. The molecule has 0 bridgehead atoms. The van der Waals surface area contributed by atoms with Gasteiger partial charge in [-0.1, -0.05) is 41.6 Å². The molecule has 7 nitrogen and oxygen atoms in total. The van der Waals surface area contributed by atoms with Crippen LogP contribution in [-0.2, 0) is 16.6 Å². The molecule has 0 radical (unpaired) electrons. The van der Waals surface area contributed by atoms with E-state index >= 15 is 0 Å². The van der Waals surface area contributed by atoms with Crippen molar-refractivity contribution in [3.05, 3.63) is 66.3 Å². The number of nitrogens with zero attached hydrogens (tertiary/aromatic N) is 4. The number of piperazine rings is 1. The lowest BCUT2D eigenvalue weighted by Crippen LogP contribution is -2.48. The monoisotopic (exact) mass is 402 g/mol. The van der Waals surface area contributed by atoms with Crippen LogP contribution in [0.4, 0.5) is 4.39 Å². The van der Waals surface area contributed by atoms with Crippen molar-refractivity contribution in [2.45, 2.75) is 11.4 Å². The van der Waals surface area contributed by atoms with E-state index in [2.05, 4.69) is 15.0 Å². The zero-order valence-electron chi connectivity index (χ0n) is 15.0. The Hall–Kier alpha value is -2.62. The maximum Gasteiger partial charge on any atom is 0.243 e. The van der Waals surface area contributed by atoms with E-state index in [0.29, 0.717) is 44.4 Å². The van der Waals surface area contributed by atoms with E-state index in [1.54, 1.807) is 0 Å². The molecule has 0 unspecified atom stereocenters. The third kappa shape index (κ3) is 3.96. The van der Waals surface area contributed by atoms with Gasteiger partial charge in [-0.2, -0.15) is 9.29 Å². The fourth-order valence-electron chi connectivity index (χ4n) is 3.12. The summed E-state index contributed by atoms with van der Waals surface area (Å²) in [6, 6.07) is 14.6. The van der Waals surface area contributed by atoms with E-state index in [4.69, 9.17) is 4.52 Å². The van der Waals surface area contributed by atoms with E-state index in [0.717, 1.165) is 11.6 Å². The van der Waals surface area contributed by atoms with E-state index in [-0.39, 0.29) is 4.90 Å². The summed E-state index contributed by atoms with van der Waals surface area (Å²) in [4.78, 5) is 6.44. The number of aromatic nitrogens is 2. The van der Waals surface area contributed by atoms with Crippen LogP contribution in [-0.4, -0.2) is 53.9 Å². The molecule has 0 aliphatic carbocycles. The average molecular weight is 402 g/mol. The Morgan fingerprint density at radius 1 is 1.00 bits per heavy atom. The minimum absolute atomic E-state index is 0.0228. The quantitative estimate of drug-likeness (QED) is 0.652. The Morgan fingerprint density at radius 3 is 2.46 bits per heavy atom. The second kappa shape index (κ2) is 7.78. The molecule has 1 fully saturated rings. The van der Waals surface area contributed by atoms with Crippen LogP contribution in [0.5, 0.6) is 0 Å². The van der Waals surface area contributed by atoms with Crippen LogP contribution in [0.3, 0.4) is 0 Å². The highest BCUT2D eigenvalue weighted by Crippen LogP contribution is 2.20.